The first-order valence-corrected chi connectivity index (χ1v) is 6.79. The van der Waals surface area contributed by atoms with Crippen LogP contribution in [-0.2, 0) is 6.42 Å². The third-order valence-electron chi connectivity index (χ3n) is 2.03. The molecule has 0 fully saturated rings. The van der Waals surface area contributed by atoms with Gasteiger partial charge in [0, 0.05) is 6.54 Å². The van der Waals surface area contributed by atoms with Crippen molar-refractivity contribution in [3.8, 4) is 0 Å². The summed E-state index contributed by atoms with van der Waals surface area (Å²) in [5.41, 5.74) is 1.33. The lowest BCUT2D eigenvalue weighted by molar-refractivity contribution is 1.00. The number of anilines is 1. The van der Waals surface area contributed by atoms with Crippen LogP contribution in [0.1, 0.15) is 5.56 Å². The number of halogens is 2. The normalized spacial score (nSPS) is 10.4. The minimum absolute atomic E-state index is 0.424. The monoisotopic (exact) mass is 317 g/mol. The molecule has 0 aliphatic carbocycles. The van der Waals surface area contributed by atoms with Gasteiger partial charge in [-0.1, -0.05) is 11.6 Å². The molecule has 0 unspecified atom stereocenters. The van der Waals surface area contributed by atoms with Crippen molar-refractivity contribution in [1.29, 1.82) is 0 Å². The van der Waals surface area contributed by atoms with Crippen LogP contribution in [0.4, 0.5) is 5.82 Å². The highest BCUT2D eigenvalue weighted by Crippen LogP contribution is 2.25. The maximum Gasteiger partial charge on any atom is 0.148 e. The molecule has 3 nitrogen and oxygen atoms in total. The van der Waals surface area contributed by atoms with E-state index in [1.165, 1.54) is 11.9 Å². The van der Waals surface area contributed by atoms with E-state index in [1.54, 1.807) is 11.3 Å². The van der Waals surface area contributed by atoms with Gasteiger partial charge in [-0.2, -0.15) is 11.3 Å². The summed E-state index contributed by atoms with van der Waals surface area (Å²) < 4.78 is 0.710. The fraction of sp³-hybridized carbons (Fsp3) is 0.200. The molecule has 0 aliphatic rings. The zero-order valence-electron chi connectivity index (χ0n) is 8.28. The van der Waals surface area contributed by atoms with Crippen LogP contribution in [0.2, 0.25) is 5.15 Å². The summed E-state index contributed by atoms with van der Waals surface area (Å²) in [4.78, 5) is 7.97. The molecule has 0 aromatic carbocycles. The van der Waals surface area contributed by atoms with E-state index in [-0.39, 0.29) is 0 Å². The number of aromatic nitrogens is 2. The Bertz CT molecular complexity index is 461. The molecule has 1 N–H and O–H groups in total. The smallest absolute Gasteiger partial charge is 0.148 e. The Morgan fingerprint density at radius 2 is 2.31 bits per heavy atom. The highest BCUT2D eigenvalue weighted by atomic mass is 79.9. The molecular formula is C10H9BrClN3S. The minimum Gasteiger partial charge on any atom is -0.369 e. The number of hydrogen-bond donors (Lipinski definition) is 1. The molecule has 0 spiro atoms. The molecule has 16 heavy (non-hydrogen) atoms. The third-order valence-corrected chi connectivity index (χ3v) is 4.03. The molecule has 0 amide bonds. The highest BCUT2D eigenvalue weighted by molar-refractivity contribution is 9.10. The van der Waals surface area contributed by atoms with Gasteiger partial charge in [-0.3, -0.25) is 0 Å². The van der Waals surface area contributed by atoms with E-state index in [4.69, 9.17) is 11.6 Å². The van der Waals surface area contributed by atoms with Crippen LogP contribution in [0.15, 0.2) is 27.6 Å². The molecule has 2 aromatic heterocycles. The zero-order chi connectivity index (χ0) is 11.4. The predicted octanol–water partition coefficient (Wildman–Crippen LogP) is 3.61. The summed E-state index contributed by atoms with van der Waals surface area (Å²) in [6, 6.07) is 2.12. The van der Waals surface area contributed by atoms with Crippen molar-refractivity contribution < 1.29 is 0 Å². The topological polar surface area (TPSA) is 37.8 Å². The van der Waals surface area contributed by atoms with Crippen molar-refractivity contribution in [3.05, 3.63) is 38.3 Å². The standard InChI is InChI=1S/C10H9BrClN3S/c11-8-9(12)14-6-15-10(8)13-3-1-7-2-4-16-5-7/h2,4-6H,1,3H2,(H,13,14,15). The summed E-state index contributed by atoms with van der Waals surface area (Å²) >= 11 is 10.9. The maximum absolute atomic E-state index is 5.86. The number of nitrogens with zero attached hydrogens (tertiary/aromatic N) is 2. The molecule has 2 aromatic rings. The highest BCUT2D eigenvalue weighted by Gasteiger charge is 2.05. The average molecular weight is 319 g/mol. The van der Waals surface area contributed by atoms with E-state index in [1.807, 2.05) is 0 Å². The lowest BCUT2D eigenvalue weighted by Gasteiger charge is -2.06. The minimum atomic E-state index is 0.424. The van der Waals surface area contributed by atoms with Crippen LogP contribution in [0.3, 0.4) is 0 Å². The Balaban J connectivity index is 1.92. The van der Waals surface area contributed by atoms with Gasteiger partial charge in [0.15, 0.2) is 0 Å². The number of nitrogens with one attached hydrogen (secondary N) is 1. The van der Waals surface area contributed by atoms with Gasteiger partial charge in [0.05, 0.1) is 4.47 Å². The molecular weight excluding hydrogens is 310 g/mol. The van der Waals surface area contributed by atoms with E-state index in [0.717, 1.165) is 18.8 Å². The van der Waals surface area contributed by atoms with Crippen LogP contribution in [-0.4, -0.2) is 16.5 Å². The summed E-state index contributed by atoms with van der Waals surface area (Å²) in [5.74, 6) is 0.732. The second-order valence-corrected chi connectivity index (χ2v) is 5.07. The second kappa shape index (κ2) is 5.61. The van der Waals surface area contributed by atoms with Crippen LogP contribution < -0.4 is 5.32 Å². The number of rotatable bonds is 4. The van der Waals surface area contributed by atoms with Crippen LogP contribution in [0.5, 0.6) is 0 Å². The van der Waals surface area contributed by atoms with Crippen LogP contribution in [0, 0.1) is 0 Å². The molecule has 0 saturated heterocycles. The van der Waals surface area contributed by atoms with Crippen molar-refractivity contribution in [2.24, 2.45) is 0 Å². The first-order valence-electron chi connectivity index (χ1n) is 4.68. The van der Waals surface area contributed by atoms with Gasteiger partial charge in [-0.25, -0.2) is 9.97 Å². The molecule has 0 saturated carbocycles. The molecule has 2 heterocycles. The largest absolute Gasteiger partial charge is 0.369 e. The molecule has 0 aliphatic heterocycles. The van der Waals surface area contributed by atoms with Gasteiger partial charge in [0.2, 0.25) is 0 Å². The summed E-state index contributed by atoms with van der Waals surface area (Å²) in [6.45, 7) is 0.822. The fourth-order valence-electron chi connectivity index (χ4n) is 1.23. The number of thiophene rings is 1. The molecule has 6 heteroatoms. The molecule has 2 rings (SSSR count). The number of hydrogen-bond acceptors (Lipinski definition) is 4. The van der Waals surface area contributed by atoms with Gasteiger partial charge in [-0.15, -0.1) is 0 Å². The lowest BCUT2D eigenvalue weighted by atomic mass is 10.2. The van der Waals surface area contributed by atoms with Gasteiger partial charge >= 0.3 is 0 Å². The molecule has 0 radical (unpaired) electrons. The van der Waals surface area contributed by atoms with E-state index in [2.05, 4.69) is 48.0 Å². The summed E-state index contributed by atoms with van der Waals surface area (Å²) in [7, 11) is 0. The summed E-state index contributed by atoms with van der Waals surface area (Å²) in [5, 5.41) is 7.86. The van der Waals surface area contributed by atoms with Crippen molar-refractivity contribution in [3.63, 3.8) is 0 Å². The van der Waals surface area contributed by atoms with Crippen LogP contribution in [0.25, 0.3) is 0 Å². The predicted molar refractivity (Wildman–Crippen MR) is 71.3 cm³/mol. The summed E-state index contributed by atoms with van der Waals surface area (Å²) in [6.07, 6.45) is 2.41. The lowest BCUT2D eigenvalue weighted by Crippen LogP contribution is -2.06. The van der Waals surface area contributed by atoms with Crippen molar-refractivity contribution >= 4 is 44.7 Å². The van der Waals surface area contributed by atoms with E-state index in [0.29, 0.717) is 9.63 Å². The van der Waals surface area contributed by atoms with Crippen molar-refractivity contribution in [2.45, 2.75) is 6.42 Å². The van der Waals surface area contributed by atoms with E-state index >= 15 is 0 Å². The van der Waals surface area contributed by atoms with Crippen LogP contribution >= 0.6 is 38.9 Å². The molecule has 84 valence electrons. The zero-order valence-corrected chi connectivity index (χ0v) is 11.4. The fourth-order valence-corrected chi connectivity index (χ4v) is 2.41. The van der Waals surface area contributed by atoms with E-state index < -0.39 is 0 Å². The van der Waals surface area contributed by atoms with Crippen molar-refractivity contribution in [1.82, 2.24) is 9.97 Å². The maximum atomic E-state index is 5.86. The third kappa shape index (κ3) is 2.93. The SMILES string of the molecule is Clc1ncnc(NCCc2ccsc2)c1Br. The molecule has 0 atom stereocenters. The Morgan fingerprint density at radius 1 is 1.44 bits per heavy atom. The molecule has 0 bridgehead atoms. The van der Waals surface area contributed by atoms with Gasteiger partial charge in [0.25, 0.3) is 0 Å². The van der Waals surface area contributed by atoms with Gasteiger partial charge < -0.3 is 5.32 Å². The second-order valence-electron chi connectivity index (χ2n) is 3.14. The van der Waals surface area contributed by atoms with Gasteiger partial charge in [-0.05, 0) is 44.7 Å². The van der Waals surface area contributed by atoms with E-state index in [9.17, 15) is 0 Å². The Labute approximate surface area is 111 Å². The first-order chi connectivity index (χ1) is 7.77. The van der Waals surface area contributed by atoms with Gasteiger partial charge in [0.1, 0.15) is 17.3 Å². The Kier molecular flexibility index (Phi) is 4.15. The van der Waals surface area contributed by atoms with Crippen molar-refractivity contribution in [2.75, 3.05) is 11.9 Å². The first kappa shape index (κ1) is 11.8. The Hall–Kier alpha value is -0.650. The Morgan fingerprint density at radius 3 is 3.06 bits per heavy atom. The quantitative estimate of drug-likeness (QED) is 0.875. The average Bonchev–Trinajstić information content (AvgIpc) is 2.77.